The van der Waals surface area contributed by atoms with Crippen molar-refractivity contribution in [3.63, 3.8) is 0 Å². The van der Waals surface area contributed by atoms with Crippen molar-refractivity contribution in [2.45, 2.75) is 13.0 Å². The average Bonchev–Trinajstić information content (AvgIpc) is 2.42. The van der Waals surface area contributed by atoms with Gasteiger partial charge in [0.25, 0.3) is 0 Å². The van der Waals surface area contributed by atoms with Gasteiger partial charge in [-0.05, 0) is 25.1 Å². The molecule has 0 spiro atoms. The lowest BCUT2D eigenvalue weighted by molar-refractivity contribution is 0.190. The molecule has 0 saturated heterocycles. The monoisotopic (exact) mass is 341 g/mol. The van der Waals surface area contributed by atoms with Crippen molar-refractivity contribution in [3.8, 4) is 0 Å². The number of nitrogens with zero attached hydrogens (tertiary/aromatic N) is 2. The Labute approximate surface area is 139 Å². The molecule has 1 aromatic carbocycles. The van der Waals surface area contributed by atoms with Crippen LogP contribution in [0.2, 0.25) is 10.0 Å². The van der Waals surface area contributed by atoms with Crippen LogP contribution < -0.4 is 16.4 Å². The molecular formula is C14H17Cl2N5O. The van der Waals surface area contributed by atoms with Crippen LogP contribution in [-0.4, -0.2) is 29.7 Å². The molecule has 1 unspecified atom stereocenters. The first-order valence-electron chi connectivity index (χ1n) is 6.58. The summed E-state index contributed by atoms with van der Waals surface area (Å²) in [4.78, 5) is 8.29. The maximum atomic E-state index is 6.09. The number of aromatic nitrogens is 2. The number of nitrogen functional groups attached to an aromatic ring is 1. The third-order valence-corrected chi connectivity index (χ3v) is 3.25. The van der Waals surface area contributed by atoms with E-state index in [0.29, 0.717) is 39.7 Å². The number of halogens is 2. The Morgan fingerprint density at radius 3 is 2.45 bits per heavy atom. The molecule has 118 valence electrons. The minimum absolute atomic E-state index is 0.0654. The van der Waals surface area contributed by atoms with E-state index in [9.17, 15) is 0 Å². The van der Waals surface area contributed by atoms with Gasteiger partial charge in [-0.1, -0.05) is 23.2 Å². The lowest BCUT2D eigenvalue weighted by Gasteiger charge is -2.16. The molecule has 0 bridgehead atoms. The van der Waals surface area contributed by atoms with Crippen molar-refractivity contribution in [1.82, 2.24) is 9.97 Å². The third-order valence-electron chi connectivity index (χ3n) is 2.81. The van der Waals surface area contributed by atoms with Gasteiger partial charge in [0.2, 0.25) is 0 Å². The van der Waals surface area contributed by atoms with Crippen molar-refractivity contribution in [3.05, 3.63) is 34.6 Å². The maximum Gasteiger partial charge on any atom is 0.159 e. The van der Waals surface area contributed by atoms with E-state index < -0.39 is 0 Å². The topological polar surface area (TPSA) is 85.1 Å². The normalized spacial score (nSPS) is 12.0. The zero-order chi connectivity index (χ0) is 16.1. The van der Waals surface area contributed by atoms with Gasteiger partial charge in [-0.3, -0.25) is 0 Å². The summed E-state index contributed by atoms with van der Waals surface area (Å²) in [6, 6.07) is 5.18. The molecule has 0 fully saturated rings. The van der Waals surface area contributed by atoms with Crippen molar-refractivity contribution < 1.29 is 4.74 Å². The fraction of sp³-hybridized carbons (Fsp3) is 0.286. The van der Waals surface area contributed by atoms with Gasteiger partial charge in [-0.25, -0.2) is 9.97 Å². The van der Waals surface area contributed by atoms with Crippen molar-refractivity contribution >= 4 is 46.2 Å². The molecule has 0 aliphatic carbocycles. The van der Waals surface area contributed by atoms with Crippen LogP contribution in [0.15, 0.2) is 24.5 Å². The van der Waals surface area contributed by atoms with Crippen LogP contribution in [0, 0.1) is 0 Å². The molecule has 8 heteroatoms. The first-order chi connectivity index (χ1) is 10.5. The van der Waals surface area contributed by atoms with Gasteiger partial charge in [0.15, 0.2) is 11.6 Å². The second kappa shape index (κ2) is 7.49. The smallest absolute Gasteiger partial charge is 0.159 e. The highest BCUT2D eigenvalue weighted by Crippen LogP contribution is 2.29. The Hall–Kier alpha value is -1.76. The second-order valence-corrected chi connectivity index (χ2v) is 5.64. The number of anilines is 4. The Balaban J connectivity index is 2.21. The van der Waals surface area contributed by atoms with Crippen LogP contribution in [0.3, 0.4) is 0 Å². The van der Waals surface area contributed by atoms with Gasteiger partial charge in [0, 0.05) is 28.9 Å². The number of nitrogens with one attached hydrogen (secondary N) is 2. The lowest BCUT2D eigenvalue weighted by atomic mass is 10.3. The summed E-state index contributed by atoms with van der Waals surface area (Å²) in [6.07, 6.45) is 1.42. The van der Waals surface area contributed by atoms with E-state index in [4.69, 9.17) is 33.7 Å². The Morgan fingerprint density at radius 2 is 1.82 bits per heavy atom. The van der Waals surface area contributed by atoms with E-state index in [0.717, 1.165) is 0 Å². The van der Waals surface area contributed by atoms with Gasteiger partial charge in [-0.2, -0.15) is 0 Å². The molecule has 0 aliphatic rings. The summed E-state index contributed by atoms with van der Waals surface area (Å²) < 4.78 is 5.08. The second-order valence-electron chi connectivity index (χ2n) is 4.77. The summed E-state index contributed by atoms with van der Waals surface area (Å²) in [6.45, 7) is 2.50. The van der Waals surface area contributed by atoms with Crippen LogP contribution in [-0.2, 0) is 4.74 Å². The fourth-order valence-corrected chi connectivity index (χ4v) is 2.42. The van der Waals surface area contributed by atoms with Gasteiger partial charge in [0.05, 0.1) is 6.61 Å². The van der Waals surface area contributed by atoms with Crippen molar-refractivity contribution in [2.75, 3.05) is 30.1 Å². The molecule has 2 rings (SSSR count). The molecule has 0 aliphatic heterocycles. The summed E-state index contributed by atoms with van der Waals surface area (Å²) >= 11 is 12.0. The molecule has 0 saturated carbocycles. The zero-order valence-electron chi connectivity index (χ0n) is 12.2. The minimum Gasteiger partial charge on any atom is -0.393 e. The van der Waals surface area contributed by atoms with Crippen LogP contribution in [0.5, 0.6) is 0 Å². The molecule has 0 radical (unpaired) electrons. The van der Waals surface area contributed by atoms with Crippen LogP contribution in [0.4, 0.5) is 23.0 Å². The molecule has 2 aromatic rings. The Morgan fingerprint density at radius 1 is 1.18 bits per heavy atom. The molecule has 0 amide bonds. The number of nitrogens with two attached hydrogens (primary N) is 1. The van der Waals surface area contributed by atoms with Gasteiger partial charge < -0.3 is 21.1 Å². The molecule has 1 aromatic heterocycles. The molecule has 22 heavy (non-hydrogen) atoms. The summed E-state index contributed by atoms with van der Waals surface area (Å²) in [5, 5.41) is 7.30. The number of methoxy groups -OCH3 is 1. The zero-order valence-corrected chi connectivity index (χ0v) is 13.7. The first-order valence-corrected chi connectivity index (χ1v) is 7.34. The highest BCUT2D eigenvalue weighted by atomic mass is 35.5. The molecule has 1 heterocycles. The standard InChI is InChI=1S/C14H17Cl2N5O/c1-8(6-22-2)20-13-12(17)14(19-7-18-13)21-11-4-9(15)3-10(16)5-11/h3-5,7-8H,6,17H2,1-2H3,(H2,18,19,20,21). The number of benzene rings is 1. The third kappa shape index (κ3) is 4.37. The molecule has 6 nitrogen and oxygen atoms in total. The average molecular weight is 342 g/mol. The SMILES string of the molecule is COCC(C)Nc1ncnc(Nc2cc(Cl)cc(Cl)c2)c1N. The highest BCUT2D eigenvalue weighted by Gasteiger charge is 2.11. The quantitative estimate of drug-likeness (QED) is 0.744. The van der Waals surface area contributed by atoms with Crippen LogP contribution >= 0.6 is 23.2 Å². The van der Waals surface area contributed by atoms with Crippen LogP contribution in [0.1, 0.15) is 6.92 Å². The minimum atomic E-state index is 0.0654. The molecule has 4 N–H and O–H groups in total. The van der Waals surface area contributed by atoms with E-state index in [1.807, 2.05) is 6.92 Å². The van der Waals surface area contributed by atoms with Crippen molar-refractivity contribution in [1.29, 1.82) is 0 Å². The van der Waals surface area contributed by atoms with Gasteiger partial charge in [-0.15, -0.1) is 0 Å². The van der Waals surface area contributed by atoms with Gasteiger partial charge in [0.1, 0.15) is 12.0 Å². The highest BCUT2D eigenvalue weighted by molar-refractivity contribution is 6.35. The number of rotatable bonds is 6. The largest absolute Gasteiger partial charge is 0.393 e. The molecular weight excluding hydrogens is 325 g/mol. The van der Waals surface area contributed by atoms with Gasteiger partial charge >= 0.3 is 0 Å². The van der Waals surface area contributed by atoms with Crippen molar-refractivity contribution in [2.24, 2.45) is 0 Å². The number of hydrogen-bond donors (Lipinski definition) is 3. The van der Waals surface area contributed by atoms with Crippen LogP contribution in [0.25, 0.3) is 0 Å². The first kappa shape index (κ1) is 16.6. The van der Waals surface area contributed by atoms with E-state index in [1.54, 1.807) is 25.3 Å². The Bertz CT molecular complexity index is 633. The fourth-order valence-electron chi connectivity index (χ4n) is 1.90. The summed E-state index contributed by atoms with van der Waals surface area (Å²) in [7, 11) is 1.64. The predicted octanol–water partition coefficient (Wildman–Crippen LogP) is 3.56. The number of hydrogen-bond acceptors (Lipinski definition) is 6. The predicted molar refractivity (Wildman–Crippen MR) is 91.1 cm³/mol. The van der Waals surface area contributed by atoms with E-state index in [1.165, 1.54) is 6.33 Å². The summed E-state index contributed by atoms with van der Waals surface area (Å²) in [5.41, 5.74) is 7.19. The molecule has 1 atom stereocenters. The van der Waals surface area contributed by atoms with E-state index in [2.05, 4.69) is 20.6 Å². The lowest BCUT2D eigenvalue weighted by Crippen LogP contribution is -2.22. The summed E-state index contributed by atoms with van der Waals surface area (Å²) in [5.74, 6) is 1.01. The maximum absolute atomic E-state index is 6.09. The Kier molecular flexibility index (Phi) is 5.65. The van der Waals surface area contributed by atoms with E-state index in [-0.39, 0.29) is 6.04 Å². The van der Waals surface area contributed by atoms with E-state index >= 15 is 0 Å². The number of ether oxygens (including phenoxy) is 1.